The summed E-state index contributed by atoms with van der Waals surface area (Å²) in [6.07, 6.45) is 6.41. The fraction of sp³-hybridized carbons (Fsp3) is 0.357. The summed E-state index contributed by atoms with van der Waals surface area (Å²) >= 11 is 0. The van der Waals surface area contributed by atoms with Gasteiger partial charge in [0, 0.05) is 19.5 Å². The number of carbonyl (C=O) groups is 1. The predicted octanol–water partition coefficient (Wildman–Crippen LogP) is 1.56. The maximum atomic E-state index is 11.3. The predicted molar refractivity (Wildman–Crippen MR) is 71.5 cm³/mol. The van der Waals surface area contributed by atoms with Gasteiger partial charge in [0.15, 0.2) is 0 Å². The zero-order chi connectivity index (χ0) is 13.2. The van der Waals surface area contributed by atoms with Crippen molar-refractivity contribution < 1.29 is 9.53 Å². The zero-order valence-corrected chi connectivity index (χ0v) is 10.5. The quantitative estimate of drug-likeness (QED) is 0.591. The summed E-state index contributed by atoms with van der Waals surface area (Å²) in [7, 11) is 1.64. The molecular weight excluding hydrogens is 228 g/mol. The first-order valence-electron chi connectivity index (χ1n) is 5.84. The summed E-state index contributed by atoms with van der Waals surface area (Å²) in [5, 5.41) is 5.44. The molecule has 0 radical (unpaired) electrons. The molecule has 18 heavy (non-hydrogen) atoms. The number of nitrogens with one attached hydrogen (secondary N) is 2. The highest BCUT2D eigenvalue weighted by molar-refractivity contribution is 5.73. The monoisotopic (exact) mass is 246 g/mol. The fourth-order valence-electron chi connectivity index (χ4n) is 1.42. The number of methoxy groups -OCH3 is 1. The van der Waals surface area contributed by atoms with E-state index in [0.29, 0.717) is 19.5 Å². The summed E-state index contributed by atoms with van der Waals surface area (Å²) in [6.45, 7) is 1.10. The van der Waals surface area contributed by atoms with Crippen molar-refractivity contribution in [3.63, 3.8) is 0 Å². The van der Waals surface area contributed by atoms with Gasteiger partial charge in [0.05, 0.1) is 7.11 Å². The van der Waals surface area contributed by atoms with Crippen LogP contribution in [-0.2, 0) is 6.42 Å². The lowest BCUT2D eigenvalue weighted by molar-refractivity contribution is 0.241. The Balaban J connectivity index is 2.20. The van der Waals surface area contributed by atoms with E-state index in [1.54, 1.807) is 7.11 Å². The van der Waals surface area contributed by atoms with Crippen LogP contribution in [0.1, 0.15) is 12.0 Å². The maximum Gasteiger partial charge on any atom is 0.314 e. The third kappa shape index (κ3) is 5.26. The first-order valence-corrected chi connectivity index (χ1v) is 5.84. The van der Waals surface area contributed by atoms with Crippen LogP contribution in [0.15, 0.2) is 24.3 Å². The van der Waals surface area contributed by atoms with E-state index >= 15 is 0 Å². The number of amides is 2. The summed E-state index contributed by atoms with van der Waals surface area (Å²) in [6, 6.07) is 7.59. The number of ether oxygens (including phenoxy) is 1. The molecule has 0 heterocycles. The Hall–Kier alpha value is -2.15. The van der Waals surface area contributed by atoms with Gasteiger partial charge in [-0.1, -0.05) is 12.1 Å². The van der Waals surface area contributed by atoms with Crippen molar-refractivity contribution in [2.45, 2.75) is 12.8 Å². The van der Waals surface area contributed by atoms with Crippen molar-refractivity contribution in [2.24, 2.45) is 0 Å². The van der Waals surface area contributed by atoms with E-state index in [1.165, 1.54) is 0 Å². The lowest BCUT2D eigenvalue weighted by atomic mass is 10.1. The van der Waals surface area contributed by atoms with Gasteiger partial charge in [-0.25, -0.2) is 4.79 Å². The van der Waals surface area contributed by atoms with E-state index in [0.717, 1.165) is 17.7 Å². The molecular formula is C14H18N2O2. The van der Waals surface area contributed by atoms with Crippen LogP contribution in [0.3, 0.4) is 0 Å². The molecule has 0 saturated carbocycles. The van der Waals surface area contributed by atoms with Crippen molar-refractivity contribution in [3.8, 4) is 18.1 Å². The Morgan fingerprint density at radius 1 is 1.28 bits per heavy atom. The van der Waals surface area contributed by atoms with E-state index in [9.17, 15) is 4.79 Å². The van der Waals surface area contributed by atoms with Crippen LogP contribution in [0.4, 0.5) is 4.79 Å². The number of hydrogen-bond acceptors (Lipinski definition) is 2. The van der Waals surface area contributed by atoms with Gasteiger partial charge in [-0.05, 0) is 24.1 Å². The Morgan fingerprint density at radius 2 is 1.94 bits per heavy atom. The molecule has 96 valence electrons. The second-order valence-electron chi connectivity index (χ2n) is 3.73. The fourth-order valence-corrected chi connectivity index (χ4v) is 1.42. The number of urea groups is 1. The summed E-state index contributed by atoms with van der Waals surface area (Å²) in [5.74, 6) is 3.29. The summed E-state index contributed by atoms with van der Waals surface area (Å²) in [4.78, 5) is 11.3. The second-order valence-corrected chi connectivity index (χ2v) is 3.73. The van der Waals surface area contributed by atoms with Crippen molar-refractivity contribution in [1.29, 1.82) is 0 Å². The number of carbonyl (C=O) groups excluding carboxylic acids is 1. The first kappa shape index (κ1) is 13.9. The standard InChI is InChI=1S/C14H18N2O2/c1-3-4-10-15-14(17)16-11-9-12-5-7-13(18-2)8-6-12/h1,5-8H,4,9-11H2,2H3,(H2,15,16,17). The van der Waals surface area contributed by atoms with Crippen molar-refractivity contribution in [2.75, 3.05) is 20.2 Å². The molecule has 0 atom stereocenters. The molecule has 2 amide bonds. The lowest BCUT2D eigenvalue weighted by Crippen LogP contribution is -2.36. The molecule has 0 aromatic heterocycles. The Kier molecular flexibility index (Phi) is 6.20. The minimum atomic E-state index is -0.182. The van der Waals surface area contributed by atoms with E-state index < -0.39 is 0 Å². The van der Waals surface area contributed by atoms with E-state index in [-0.39, 0.29) is 6.03 Å². The molecule has 0 spiro atoms. The average molecular weight is 246 g/mol. The Bertz CT molecular complexity index is 407. The van der Waals surface area contributed by atoms with Gasteiger partial charge >= 0.3 is 6.03 Å². The minimum Gasteiger partial charge on any atom is -0.497 e. The largest absolute Gasteiger partial charge is 0.497 e. The van der Waals surface area contributed by atoms with E-state index in [1.807, 2.05) is 24.3 Å². The van der Waals surface area contributed by atoms with Crippen LogP contribution in [0, 0.1) is 12.3 Å². The van der Waals surface area contributed by atoms with Crippen LogP contribution in [0.2, 0.25) is 0 Å². The van der Waals surface area contributed by atoms with Crippen molar-refractivity contribution in [3.05, 3.63) is 29.8 Å². The molecule has 1 rings (SSSR count). The van der Waals surface area contributed by atoms with Crippen LogP contribution in [-0.4, -0.2) is 26.2 Å². The highest BCUT2D eigenvalue weighted by atomic mass is 16.5. The summed E-state index contributed by atoms with van der Waals surface area (Å²) < 4.78 is 5.07. The van der Waals surface area contributed by atoms with Gasteiger partial charge in [0.25, 0.3) is 0 Å². The Morgan fingerprint density at radius 3 is 2.56 bits per heavy atom. The molecule has 0 saturated heterocycles. The van der Waals surface area contributed by atoms with E-state index in [4.69, 9.17) is 11.2 Å². The average Bonchev–Trinajstić information content (AvgIpc) is 2.40. The minimum absolute atomic E-state index is 0.182. The van der Waals surface area contributed by atoms with E-state index in [2.05, 4.69) is 16.6 Å². The van der Waals surface area contributed by atoms with Crippen LogP contribution in [0.5, 0.6) is 5.75 Å². The van der Waals surface area contributed by atoms with Crippen LogP contribution >= 0.6 is 0 Å². The molecule has 2 N–H and O–H groups in total. The van der Waals surface area contributed by atoms with Crippen molar-refractivity contribution >= 4 is 6.03 Å². The van der Waals surface area contributed by atoms with Gasteiger partial charge in [-0.15, -0.1) is 12.3 Å². The normalized spacial score (nSPS) is 9.33. The van der Waals surface area contributed by atoms with Gasteiger partial charge in [0.2, 0.25) is 0 Å². The molecule has 1 aromatic carbocycles. The van der Waals surface area contributed by atoms with Crippen molar-refractivity contribution in [1.82, 2.24) is 10.6 Å². The molecule has 1 aromatic rings. The van der Waals surface area contributed by atoms with Gasteiger partial charge in [0.1, 0.15) is 5.75 Å². The van der Waals surface area contributed by atoms with Crippen LogP contribution < -0.4 is 15.4 Å². The molecule has 0 aliphatic rings. The molecule has 0 bridgehead atoms. The second kappa shape index (κ2) is 8.02. The molecule has 0 aliphatic heterocycles. The topological polar surface area (TPSA) is 50.4 Å². The number of rotatable bonds is 6. The highest BCUT2D eigenvalue weighted by Gasteiger charge is 1.99. The third-order valence-electron chi connectivity index (χ3n) is 2.41. The zero-order valence-electron chi connectivity index (χ0n) is 10.5. The SMILES string of the molecule is C#CCCNC(=O)NCCc1ccc(OC)cc1. The smallest absolute Gasteiger partial charge is 0.314 e. The molecule has 4 heteroatoms. The van der Waals surface area contributed by atoms with Gasteiger partial charge in [-0.2, -0.15) is 0 Å². The first-order chi connectivity index (χ1) is 8.76. The highest BCUT2D eigenvalue weighted by Crippen LogP contribution is 2.11. The Labute approximate surface area is 108 Å². The molecule has 0 unspecified atom stereocenters. The van der Waals surface area contributed by atoms with Gasteiger partial charge in [-0.3, -0.25) is 0 Å². The molecule has 0 fully saturated rings. The number of terminal acetylenes is 1. The van der Waals surface area contributed by atoms with Crippen LogP contribution in [0.25, 0.3) is 0 Å². The number of hydrogen-bond donors (Lipinski definition) is 2. The number of benzene rings is 1. The molecule has 4 nitrogen and oxygen atoms in total. The third-order valence-corrected chi connectivity index (χ3v) is 2.41. The summed E-state index contributed by atoms with van der Waals surface area (Å²) in [5.41, 5.74) is 1.15. The lowest BCUT2D eigenvalue weighted by Gasteiger charge is -2.07. The maximum absolute atomic E-state index is 11.3. The molecule has 0 aliphatic carbocycles. The van der Waals surface area contributed by atoms with Gasteiger partial charge < -0.3 is 15.4 Å².